The van der Waals surface area contributed by atoms with Gasteiger partial charge >= 0.3 is 5.97 Å². The predicted molar refractivity (Wildman–Crippen MR) is 116 cm³/mol. The highest BCUT2D eigenvalue weighted by Gasteiger charge is 2.09. The van der Waals surface area contributed by atoms with Crippen molar-refractivity contribution in [3.05, 3.63) is 32.8 Å². The molecule has 0 amide bonds. The molecule has 0 bridgehead atoms. The summed E-state index contributed by atoms with van der Waals surface area (Å²) in [5, 5.41) is 9.26. The van der Waals surface area contributed by atoms with Gasteiger partial charge in [-0.3, -0.25) is 9.59 Å². The molecule has 1 saturated carbocycles. The molecule has 1 aromatic rings. The number of aldehydes is 1. The second kappa shape index (κ2) is 16.0. The van der Waals surface area contributed by atoms with Crippen LogP contribution >= 0.6 is 34.8 Å². The number of carboxylic acid groups (broad SMARTS) is 1. The average molecular weight is 455 g/mol. The van der Waals surface area contributed by atoms with Gasteiger partial charge in [0.15, 0.2) is 6.29 Å². The van der Waals surface area contributed by atoms with Crippen LogP contribution in [0.3, 0.4) is 0 Å². The molecule has 0 radical (unpaired) electrons. The lowest BCUT2D eigenvalue weighted by Crippen LogP contribution is -2.29. The predicted octanol–water partition coefficient (Wildman–Crippen LogP) is 4.26. The highest BCUT2D eigenvalue weighted by molar-refractivity contribution is 6.44. The first-order chi connectivity index (χ1) is 13.2. The molecule has 1 fully saturated rings. The third-order valence-electron chi connectivity index (χ3n) is 4.08. The molecule has 1 aliphatic carbocycles. The Morgan fingerprint density at radius 2 is 1.79 bits per heavy atom. The van der Waals surface area contributed by atoms with Crippen LogP contribution in [0.5, 0.6) is 0 Å². The van der Waals surface area contributed by atoms with Crippen LogP contribution in [0.4, 0.5) is 0 Å². The summed E-state index contributed by atoms with van der Waals surface area (Å²) in [6, 6.07) is 2.77. The minimum Gasteiger partial charge on any atom is -0.480 e. The summed E-state index contributed by atoms with van der Waals surface area (Å²) in [4.78, 5) is 20.5. The number of hydrogen-bond donors (Lipinski definition) is 4. The zero-order valence-electron chi connectivity index (χ0n) is 15.9. The third-order valence-corrected chi connectivity index (χ3v) is 5.12. The number of halogens is 3. The van der Waals surface area contributed by atoms with Crippen LogP contribution in [0, 0.1) is 0 Å². The van der Waals surface area contributed by atoms with Crippen molar-refractivity contribution in [1.82, 2.24) is 0 Å². The SMILES string of the molecule is NC1CCCCC1.NCCCCC(N)C(=O)O.O=Cc1cc(Cl)cc(Cl)c1Cl. The maximum absolute atomic E-state index is 10.3. The van der Waals surface area contributed by atoms with Gasteiger partial charge in [-0.25, -0.2) is 0 Å². The smallest absolute Gasteiger partial charge is 0.320 e. The number of carbonyl (C=O) groups excluding carboxylic acids is 1. The fourth-order valence-corrected chi connectivity index (χ4v) is 3.09. The van der Waals surface area contributed by atoms with Gasteiger partial charge in [0, 0.05) is 16.6 Å². The van der Waals surface area contributed by atoms with Crippen molar-refractivity contribution in [3.8, 4) is 0 Å². The number of hydrogen-bond acceptors (Lipinski definition) is 5. The van der Waals surface area contributed by atoms with E-state index >= 15 is 0 Å². The largest absolute Gasteiger partial charge is 0.480 e. The van der Waals surface area contributed by atoms with Crippen molar-refractivity contribution in [3.63, 3.8) is 0 Å². The van der Waals surface area contributed by atoms with Crippen molar-refractivity contribution in [1.29, 1.82) is 0 Å². The quantitative estimate of drug-likeness (QED) is 0.288. The van der Waals surface area contributed by atoms with Gasteiger partial charge in [0.05, 0.1) is 10.0 Å². The maximum Gasteiger partial charge on any atom is 0.320 e. The van der Waals surface area contributed by atoms with Gasteiger partial charge in [0.25, 0.3) is 0 Å². The topological polar surface area (TPSA) is 132 Å². The molecule has 9 heteroatoms. The molecule has 1 aromatic carbocycles. The maximum atomic E-state index is 10.3. The second-order valence-corrected chi connectivity index (χ2v) is 7.76. The Bertz CT molecular complexity index is 597. The molecule has 0 aliphatic heterocycles. The van der Waals surface area contributed by atoms with Crippen molar-refractivity contribution in [2.45, 2.75) is 63.5 Å². The number of rotatable bonds is 6. The number of unbranched alkanes of at least 4 members (excludes halogenated alkanes) is 1. The first kappa shape index (κ1) is 27.1. The van der Waals surface area contributed by atoms with Crippen molar-refractivity contribution in [2.75, 3.05) is 6.54 Å². The van der Waals surface area contributed by atoms with E-state index in [2.05, 4.69) is 0 Å². The molecule has 0 heterocycles. The Morgan fingerprint density at radius 3 is 2.21 bits per heavy atom. The lowest BCUT2D eigenvalue weighted by atomic mass is 9.97. The molecular formula is C19H30Cl3N3O3. The summed E-state index contributed by atoms with van der Waals surface area (Å²) in [5.41, 5.74) is 16.4. The summed E-state index contributed by atoms with van der Waals surface area (Å²) >= 11 is 16.9. The molecule has 1 aliphatic rings. The zero-order chi connectivity index (χ0) is 21.5. The van der Waals surface area contributed by atoms with Gasteiger partial charge in [0.1, 0.15) is 6.04 Å². The van der Waals surface area contributed by atoms with Crippen LogP contribution in [-0.4, -0.2) is 36.0 Å². The first-order valence-electron chi connectivity index (χ1n) is 9.26. The summed E-state index contributed by atoms with van der Waals surface area (Å²) in [6.45, 7) is 0.604. The molecule has 0 spiro atoms. The lowest BCUT2D eigenvalue weighted by molar-refractivity contribution is -0.138. The van der Waals surface area contributed by atoms with Gasteiger partial charge in [0.2, 0.25) is 0 Å². The molecule has 0 saturated heterocycles. The van der Waals surface area contributed by atoms with Gasteiger partial charge in [-0.2, -0.15) is 0 Å². The second-order valence-electron chi connectivity index (χ2n) is 6.54. The number of nitrogens with two attached hydrogens (primary N) is 3. The van der Waals surface area contributed by atoms with Gasteiger partial charge in [-0.15, -0.1) is 0 Å². The van der Waals surface area contributed by atoms with Crippen molar-refractivity contribution >= 4 is 47.1 Å². The van der Waals surface area contributed by atoms with E-state index in [9.17, 15) is 9.59 Å². The zero-order valence-corrected chi connectivity index (χ0v) is 18.1. The lowest BCUT2D eigenvalue weighted by Gasteiger charge is -2.15. The van der Waals surface area contributed by atoms with Crippen LogP contribution in [-0.2, 0) is 4.79 Å². The van der Waals surface area contributed by atoms with E-state index in [1.165, 1.54) is 44.2 Å². The highest BCUT2D eigenvalue weighted by Crippen LogP contribution is 2.28. The van der Waals surface area contributed by atoms with Gasteiger partial charge in [-0.05, 0) is 44.4 Å². The van der Waals surface area contributed by atoms with Crippen LogP contribution in [0.15, 0.2) is 12.1 Å². The number of aliphatic carboxylic acids is 1. The van der Waals surface area contributed by atoms with Crippen molar-refractivity contribution in [2.24, 2.45) is 17.2 Å². The third kappa shape index (κ3) is 12.5. The van der Waals surface area contributed by atoms with Crippen molar-refractivity contribution < 1.29 is 14.7 Å². The normalized spacial score (nSPS) is 14.8. The first-order valence-corrected chi connectivity index (χ1v) is 10.4. The van der Waals surface area contributed by atoms with Crippen LogP contribution in [0.2, 0.25) is 15.1 Å². The molecule has 160 valence electrons. The Labute approximate surface area is 181 Å². The van der Waals surface area contributed by atoms with E-state index in [1.54, 1.807) is 0 Å². The van der Waals surface area contributed by atoms with Crippen LogP contribution in [0.1, 0.15) is 61.7 Å². The fourth-order valence-electron chi connectivity index (χ4n) is 2.43. The Kier molecular flexibility index (Phi) is 15.5. The minimum atomic E-state index is -0.933. The van der Waals surface area contributed by atoms with Gasteiger partial charge in [-0.1, -0.05) is 60.5 Å². The van der Waals surface area contributed by atoms with E-state index in [1.807, 2.05) is 0 Å². The Balaban J connectivity index is 0.000000400. The minimum absolute atomic E-state index is 0.242. The van der Waals surface area contributed by atoms with E-state index in [0.29, 0.717) is 40.9 Å². The Morgan fingerprint density at radius 1 is 1.18 bits per heavy atom. The van der Waals surface area contributed by atoms with E-state index in [-0.39, 0.29) is 5.02 Å². The van der Waals surface area contributed by atoms with E-state index in [4.69, 9.17) is 57.1 Å². The average Bonchev–Trinajstić information content (AvgIpc) is 2.66. The molecular weight excluding hydrogens is 425 g/mol. The summed E-state index contributed by atoms with van der Waals surface area (Å²) in [5.74, 6) is -0.933. The number of carbonyl (C=O) groups is 2. The Hall–Kier alpha value is -0.890. The van der Waals surface area contributed by atoms with E-state index in [0.717, 1.165) is 12.8 Å². The monoisotopic (exact) mass is 453 g/mol. The number of benzene rings is 1. The summed E-state index contributed by atoms with van der Waals surface area (Å²) < 4.78 is 0. The molecule has 1 unspecified atom stereocenters. The summed E-state index contributed by atoms with van der Waals surface area (Å²) in [6.07, 6.45) is 9.44. The van der Waals surface area contributed by atoms with Crippen LogP contribution < -0.4 is 17.2 Å². The molecule has 7 N–H and O–H groups in total. The summed E-state index contributed by atoms with van der Waals surface area (Å²) in [7, 11) is 0. The standard InChI is InChI=1S/C7H3Cl3O.C6H14N2O2.C6H13N/c8-5-1-4(3-11)7(10)6(9)2-5;7-4-2-1-3-5(8)6(9)10;7-6-4-2-1-3-5-6/h1-3H;5H,1-4,7-8H2,(H,9,10);6H,1-5,7H2. The molecule has 2 rings (SSSR count). The van der Waals surface area contributed by atoms with Crippen LogP contribution in [0.25, 0.3) is 0 Å². The number of carboxylic acids is 1. The fraction of sp³-hybridized carbons (Fsp3) is 0.579. The molecule has 28 heavy (non-hydrogen) atoms. The molecule has 0 aromatic heterocycles. The van der Waals surface area contributed by atoms with E-state index < -0.39 is 12.0 Å². The molecule has 1 atom stereocenters. The highest BCUT2D eigenvalue weighted by atomic mass is 35.5. The van der Waals surface area contributed by atoms with Gasteiger partial charge < -0.3 is 22.3 Å². The molecule has 6 nitrogen and oxygen atoms in total.